The number of alkyl halides is 4. The van der Waals surface area contributed by atoms with Gasteiger partial charge < -0.3 is 0 Å². The van der Waals surface area contributed by atoms with Gasteiger partial charge in [-0.15, -0.1) is 11.6 Å². The fourth-order valence-electron chi connectivity index (χ4n) is 3.23. The van der Waals surface area contributed by atoms with Crippen LogP contribution >= 0.6 is 23.2 Å². The number of hydrogen-bond donors (Lipinski definition) is 1. The topological polar surface area (TPSA) is 114 Å². The lowest BCUT2D eigenvalue weighted by Crippen LogP contribution is -2.41. The van der Waals surface area contributed by atoms with Crippen LogP contribution in [0.15, 0.2) is 58.1 Å². The smallest absolute Gasteiger partial charge is 0.292 e. The molecule has 0 saturated heterocycles. The molecule has 8 nitrogen and oxygen atoms in total. The van der Waals surface area contributed by atoms with E-state index in [-0.39, 0.29) is 15.2 Å². The van der Waals surface area contributed by atoms with Crippen LogP contribution in [0.25, 0.3) is 5.69 Å². The zero-order valence-corrected chi connectivity index (χ0v) is 20.3. The quantitative estimate of drug-likeness (QED) is 0.359. The number of sulfonamides is 1. The Hall–Kier alpha value is -3.34. The highest BCUT2D eigenvalue weighted by Crippen LogP contribution is 2.33. The molecule has 0 radical (unpaired) electrons. The summed E-state index contributed by atoms with van der Waals surface area (Å²) in [5.74, 6) is -1.31. The second-order valence-electron chi connectivity index (χ2n) is 7.34. The van der Waals surface area contributed by atoms with Crippen LogP contribution in [0, 0.1) is 17.1 Å². The van der Waals surface area contributed by atoms with Gasteiger partial charge in [-0.05, 0) is 17.7 Å². The number of nitriles is 1. The Balaban J connectivity index is 2.11. The van der Waals surface area contributed by atoms with Crippen LogP contribution in [-0.2, 0) is 23.2 Å². The molecule has 2 atom stereocenters. The minimum absolute atomic E-state index is 0.0782. The minimum atomic E-state index is -5.05. The van der Waals surface area contributed by atoms with Crippen molar-refractivity contribution in [2.75, 3.05) is 4.72 Å². The molecule has 0 aliphatic carbocycles. The molecule has 2 unspecified atom stereocenters. The predicted molar refractivity (Wildman–Crippen MR) is 124 cm³/mol. The van der Waals surface area contributed by atoms with Crippen LogP contribution in [-0.4, -0.2) is 22.8 Å². The first kappa shape index (κ1) is 27.3. The van der Waals surface area contributed by atoms with Crippen LogP contribution in [0.3, 0.4) is 0 Å². The lowest BCUT2D eigenvalue weighted by atomic mass is 10.1. The van der Waals surface area contributed by atoms with E-state index >= 15 is 0 Å². The van der Waals surface area contributed by atoms with Gasteiger partial charge in [0.2, 0.25) is 0 Å². The Morgan fingerprint density at radius 1 is 1.11 bits per heavy atom. The van der Waals surface area contributed by atoms with Crippen molar-refractivity contribution in [1.29, 1.82) is 5.26 Å². The maximum Gasteiger partial charge on any atom is 0.431 e. The third-order valence-electron chi connectivity index (χ3n) is 4.99. The van der Waals surface area contributed by atoms with Crippen molar-refractivity contribution < 1.29 is 26.0 Å². The van der Waals surface area contributed by atoms with E-state index in [1.807, 2.05) is 4.72 Å². The van der Waals surface area contributed by atoms with Crippen LogP contribution in [0.1, 0.15) is 16.6 Å². The standard InChI is InChI=1S/C21H14Cl2F4N4O4S/c1-30-17(21(25,26)27)9-18(32)31(20(30)33)15-8-14(12(22)7-13(15)24)29-36(34,35)16(10-28)19(23)11-5-3-2-4-6-11/h2-9,16,19,29H,1H3. The molecule has 36 heavy (non-hydrogen) atoms. The third-order valence-corrected chi connectivity index (χ3v) is 7.50. The van der Waals surface area contributed by atoms with Gasteiger partial charge >= 0.3 is 11.9 Å². The Morgan fingerprint density at radius 3 is 2.28 bits per heavy atom. The van der Waals surface area contributed by atoms with Crippen molar-refractivity contribution in [3.8, 4) is 11.8 Å². The highest BCUT2D eigenvalue weighted by molar-refractivity contribution is 7.93. The summed E-state index contributed by atoms with van der Waals surface area (Å²) in [5.41, 5.74) is -5.78. The number of rotatable bonds is 6. The summed E-state index contributed by atoms with van der Waals surface area (Å²) >= 11 is 12.1. The molecule has 1 aromatic heterocycles. The van der Waals surface area contributed by atoms with E-state index in [1.165, 1.54) is 12.1 Å². The summed E-state index contributed by atoms with van der Waals surface area (Å²) in [6.07, 6.45) is -5.05. The molecule has 15 heteroatoms. The van der Waals surface area contributed by atoms with Crippen molar-refractivity contribution in [2.24, 2.45) is 7.05 Å². The number of benzene rings is 2. The Labute approximate surface area is 211 Å². The number of hydrogen-bond acceptors (Lipinski definition) is 5. The number of nitrogens with zero attached hydrogens (tertiary/aromatic N) is 3. The van der Waals surface area contributed by atoms with Gasteiger partial charge in [-0.2, -0.15) is 18.4 Å². The van der Waals surface area contributed by atoms with Crippen molar-refractivity contribution in [3.63, 3.8) is 0 Å². The molecule has 0 aliphatic rings. The molecule has 2 aromatic carbocycles. The summed E-state index contributed by atoms with van der Waals surface area (Å²) < 4.78 is 82.0. The fraction of sp³-hybridized carbons (Fsp3) is 0.190. The van der Waals surface area contributed by atoms with Crippen molar-refractivity contribution in [3.05, 3.63) is 91.5 Å². The van der Waals surface area contributed by atoms with E-state index in [1.54, 1.807) is 24.3 Å². The molecule has 3 rings (SSSR count). The molecule has 0 amide bonds. The van der Waals surface area contributed by atoms with Gasteiger partial charge in [-0.25, -0.2) is 22.2 Å². The first-order valence-corrected chi connectivity index (χ1v) is 12.0. The molecule has 1 N–H and O–H groups in total. The van der Waals surface area contributed by atoms with Gasteiger partial charge in [0.15, 0.2) is 5.25 Å². The predicted octanol–water partition coefficient (Wildman–Crippen LogP) is 3.96. The van der Waals surface area contributed by atoms with Crippen molar-refractivity contribution >= 4 is 38.9 Å². The first-order valence-electron chi connectivity index (χ1n) is 9.69. The van der Waals surface area contributed by atoms with Crippen LogP contribution in [0.4, 0.5) is 23.2 Å². The van der Waals surface area contributed by atoms with E-state index in [2.05, 4.69) is 0 Å². The summed E-state index contributed by atoms with van der Waals surface area (Å²) in [5, 5.41) is 5.75. The normalized spacial score (nSPS) is 13.6. The van der Waals surface area contributed by atoms with Gasteiger partial charge in [0.25, 0.3) is 15.6 Å². The molecule has 0 fully saturated rings. The molecule has 0 spiro atoms. The lowest BCUT2D eigenvalue weighted by molar-refractivity contribution is -0.144. The monoisotopic (exact) mass is 564 g/mol. The van der Waals surface area contributed by atoms with Gasteiger partial charge in [0.1, 0.15) is 11.5 Å². The minimum Gasteiger partial charge on any atom is -0.292 e. The average Bonchev–Trinajstić information content (AvgIpc) is 2.79. The van der Waals surface area contributed by atoms with Crippen molar-refractivity contribution in [2.45, 2.75) is 16.8 Å². The van der Waals surface area contributed by atoms with Crippen LogP contribution < -0.4 is 16.0 Å². The van der Waals surface area contributed by atoms with E-state index in [0.29, 0.717) is 17.7 Å². The Bertz CT molecular complexity index is 1580. The van der Waals surface area contributed by atoms with E-state index in [9.17, 15) is 40.8 Å². The maximum atomic E-state index is 14.7. The van der Waals surface area contributed by atoms with E-state index in [4.69, 9.17) is 23.2 Å². The molecule has 190 valence electrons. The molecule has 1 heterocycles. The Morgan fingerprint density at radius 2 is 1.72 bits per heavy atom. The lowest BCUT2D eigenvalue weighted by Gasteiger charge is -2.19. The second-order valence-corrected chi connectivity index (χ2v) is 10.0. The van der Waals surface area contributed by atoms with E-state index in [0.717, 1.165) is 7.05 Å². The summed E-state index contributed by atoms with van der Waals surface area (Å²) in [6.45, 7) is 0. The zero-order chi connectivity index (χ0) is 27.0. The summed E-state index contributed by atoms with van der Waals surface area (Å²) in [7, 11) is -3.91. The van der Waals surface area contributed by atoms with E-state index < -0.39 is 66.0 Å². The van der Waals surface area contributed by atoms with Gasteiger partial charge in [-0.1, -0.05) is 41.9 Å². The largest absolute Gasteiger partial charge is 0.431 e. The highest BCUT2D eigenvalue weighted by atomic mass is 35.5. The van der Waals surface area contributed by atoms with Crippen LogP contribution in [0.5, 0.6) is 0 Å². The molecule has 3 aromatic rings. The number of nitrogens with one attached hydrogen (secondary N) is 1. The molecule has 0 aliphatic heterocycles. The SMILES string of the molecule is Cn1c(C(F)(F)F)cc(=O)n(-c2cc(NS(=O)(=O)C(C#N)C(Cl)c3ccccc3)c(Cl)cc2F)c1=O. The number of anilines is 1. The van der Waals surface area contributed by atoms with Gasteiger partial charge in [0.05, 0.1) is 27.8 Å². The molecule has 0 bridgehead atoms. The Kier molecular flexibility index (Phi) is 7.54. The number of aromatic nitrogens is 2. The highest BCUT2D eigenvalue weighted by Gasteiger charge is 2.36. The summed E-state index contributed by atoms with van der Waals surface area (Å²) in [4.78, 5) is 24.9. The second kappa shape index (κ2) is 9.96. The maximum absolute atomic E-state index is 14.7. The zero-order valence-electron chi connectivity index (χ0n) is 17.9. The molecular weight excluding hydrogens is 551 g/mol. The average molecular weight is 565 g/mol. The van der Waals surface area contributed by atoms with Crippen molar-refractivity contribution in [1.82, 2.24) is 9.13 Å². The van der Waals surface area contributed by atoms with Crippen LogP contribution in [0.2, 0.25) is 5.02 Å². The molecule has 0 saturated carbocycles. The number of halogens is 6. The molecular formula is C21H14Cl2F4N4O4S. The van der Waals surface area contributed by atoms with Gasteiger partial charge in [0, 0.05) is 13.1 Å². The summed E-state index contributed by atoms with van der Waals surface area (Å²) in [6, 6.07) is 10.6. The fourth-order valence-corrected chi connectivity index (χ4v) is 5.30. The third kappa shape index (κ3) is 5.25. The van der Waals surface area contributed by atoms with Gasteiger partial charge in [-0.3, -0.25) is 14.1 Å². The first-order chi connectivity index (χ1) is 16.7.